The average Bonchev–Trinajstić information content (AvgIpc) is 2.43. The number of methoxy groups -OCH3 is 1. The van der Waals surface area contributed by atoms with Crippen LogP contribution in [0.15, 0.2) is 18.2 Å². The first kappa shape index (κ1) is 15.3. The van der Waals surface area contributed by atoms with Crippen LogP contribution in [0.1, 0.15) is 18.9 Å². The minimum Gasteiger partial charge on any atom is -0.493 e. The molecule has 0 bridgehead atoms. The Morgan fingerprint density at radius 3 is 2.79 bits per heavy atom. The number of amides is 1. The van der Waals surface area contributed by atoms with Crippen molar-refractivity contribution in [1.29, 1.82) is 0 Å². The summed E-state index contributed by atoms with van der Waals surface area (Å²) < 4.78 is 10.7. The standard InChI is InChI=1S/C14H22N2O3/c1-3-8-16-14(17)10-19-13-9-11(6-7-15)4-5-12(13)18-2/h4-5,9H,3,6-8,10,15H2,1-2H3,(H,16,17). The molecule has 5 nitrogen and oxygen atoms in total. The lowest BCUT2D eigenvalue weighted by Crippen LogP contribution is -2.29. The van der Waals surface area contributed by atoms with E-state index >= 15 is 0 Å². The molecule has 3 N–H and O–H groups in total. The number of carbonyl (C=O) groups is 1. The summed E-state index contributed by atoms with van der Waals surface area (Å²) in [6.07, 6.45) is 1.67. The number of ether oxygens (including phenoxy) is 2. The van der Waals surface area contributed by atoms with Gasteiger partial charge in [-0.05, 0) is 37.1 Å². The van der Waals surface area contributed by atoms with Gasteiger partial charge in [0.05, 0.1) is 7.11 Å². The molecule has 0 aliphatic carbocycles. The monoisotopic (exact) mass is 266 g/mol. The Hall–Kier alpha value is -1.75. The third-order valence-electron chi connectivity index (χ3n) is 2.59. The molecule has 19 heavy (non-hydrogen) atoms. The molecule has 0 spiro atoms. The number of carbonyl (C=O) groups excluding carboxylic acids is 1. The Bertz CT molecular complexity index is 408. The molecule has 5 heteroatoms. The van der Waals surface area contributed by atoms with Crippen LogP contribution in [0, 0.1) is 0 Å². The summed E-state index contributed by atoms with van der Waals surface area (Å²) in [5, 5.41) is 2.76. The van der Waals surface area contributed by atoms with Crippen molar-refractivity contribution in [2.45, 2.75) is 19.8 Å². The smallest absolute Gasteiger partial charge is 0.257 e. The van der Waals surface area contributed by atoms with Gasteiger partial charge in [-0.1, -0.05) is 13.0 Å². The first-order chi connectivity index (χ1) is 9.21. The normalized spacial score (nSPS) is 10.1. The van der Waals surface area contributed by atoms with Crippen LogP contribution in [0.2, 0.25) is 0 Å². The molecule has 0 aliphatic rings. The minimum atomic E-state index is -0.131. The summed E-state index contributed by atoms with van der Waals surface area (Å²) >= 11 is 0. The van der Waals surface area contributed by atoms with Gasteiger partial charge in [-0.25, -0.2) is 0 Å². The van der Waals surface area contributed by atoms with Gasteiger partial charge in [-0.3, -0.25) is 4.79 Å². The average molecular weight is 266 g/mol. The van der Waals surface area contributed by atoms with Crippen molar-refractivity contribution in [2.24, 2.45) is 5.73 Å². The molecule has 0 saturated carbocycles. The van der Waals surface area contributed by atoms with Crippen LogP contribution in [0.4, 0.5) is 0 Å². The zero-order chi connectivity index (χ0) is 14.1. The van der Waals surface area contributed by atoms with Crippen molar-refractivity contribution < 1.29 is 14.3 Å². The Balaban J connectivity index is 2.64. The second-order valence-corrected chi connectivity index (χ2v) is 4.16. The summed E-state index contributed by atoms with van der Waals surface area (Å²) in [4.78, 5) is 11.5. The van der Waals surface area contributed by atoms with Crippen LogP contribution < -0.4 is 20.5 Å². The summed E-state index contributed by atoms with van der Waals surface area (Å²) in [6.45, 7) is 3.22. The largest absolute Gasteiger partial charge is 0.493 e. The van der Waals surface area contributed by atoms with Gasteiger partial charge in [0.15, 0.2) is 18.1 Å². The molecular weight excluding hydrogens is 244 g/mol. The van der Waals surface area contributed by atoms with Gasteiger partial charge < -0.3 is 20.5 Å². The molecular formula is C14H22N2O3. The number of nitrogens with one attached hydrogen (secondary N) is 1. The molecule has 0 atom stereocenters. The minimum absolute atomic E-state index is 0.0115. The summed E-state index contributed by atoms with van der Waals surface area (Å²) in [6, 6.07) is 5.62. The number of hydrogen-bond acceptors (Lipinski definition) is 4. The zero-order valence-corrected chi connectivity index (χ0v) is 11.6. The van der Waals surface area contributed by atoms with Gasteiger partial charge in [0.1, 0.15) is 0 Å². The summed E-state index contributed by atoms with van der Waals surface area (Å²) in [5.41, 5.74) is 6.58. The van der Waals surface area contributed by atoms with Gasteiger partial charge in [0, 0.05) is 6.54 Å². The van der Waals surface area contributed by atoms with Gasteiger partial charge >= 0.3 is 0 Å². The highest BCUT2D eigenvalue weighted by Gasteiger charge is 2.08. The van der Waals surface area contributed by atoms with Crippen molar-refractivity contribution in [3.8, 4) is 11.5 Å². The maximum Gasteiger partial charge on any atom is 0.257 e. The molecule has 1 amide bonds. The molecule has 0 heterocycles. The van der Waals surface area contributed by atoms with E-state index in [9.17, 15) is 4.79 Å². The fourth-order valence-corrected chi connectivity index (χ4v) is 1.61. The molecule has 106 valence electrons. The lowest BCUT2D eigenvalue weighted by molar-refractivity contribution is -0.123. The Labute approximate surface area is 114 Å². The predicted octanol–water partition coefficient (Wildman–Crippen LogP) is 1.10. The van der Waals surface area contributed by atoms with E-state index in [0.29, 0.717) is 24.6 Å². The fraction of sp³-hybridized carbons (Fsp3) is 0.500. The van der Waals surface area contributed by atoms with Crippen LogP contribution in [-0.2, 0) is 11.2 Å². The topological polar surface area (TPSA) is 73.6 Å². The predicted molar refractivity (Wildman–Crippen MR) is 74.5 cm³/mol. The van der Waals surface area contributed by atoms with Gasteiger partial charge in [-0.2, -0.15) is 0 Å². The molecule has 0 saturated heterocycles. The lowest BCUT2D eigenvalue weighted by Gasteiger charge is -2.12. The molecule has 0 unspecified atom stereocenters. The van der Waals surface area contributed by atoms with E-state index in [1.165, 1.54) is 0 Å². The highest BCUT2D eigenvalue weighted by Crippen LogP contribution is 2.28. The first-order valence-corrected chi connectivity index (χ1v) is 6.47. The first-order valence-electron chi connectivity index (χ1n) is 6.47. The van der Waals surface area contributed by atoms with E-state index in [1.54, 1.807) is 7.11 Å². The third-order valence-corrected chi connectivity index (χ3v) is 2.59. The van der Waals surface area contributed by atoms with Crippen molar-refractivity contribution in [3.05, 3.63) is 23.8 Å². The molecule has 1 aromatic rings. The Morgan fingerprint density at radius 1 is 1.37 bits per heavy atom. The molecule has 0 aromatic heterocycles. The molecule has 1 aromatic carbocycles. The number of hydrogen-bond donors (Lipinski definition) is 2. The van der Waals surface area contributed by atoms with Crippen LogP contribution in [0.5, 0.6) is 11.5 Å². The Morgan fingerprint density at radius 2 is 2.16 bits per heavy atom. The van der Waals surface area contributed by atoms with Crippen molar-refractivity contribution >= 4 is 5.91 Å². The summed E-state index contributed by atoms with van der Waals surface area (Å²) in [5.74, 6) is 1.05. The van der Waals surface area contributed by atoms with E-state index in [-0.39, 0.29) is 12.5 Å². The van der Waals surface area contributed by atoms with Gasteiger partial charge in [0.2, 0.25) is 0 Å². The van der Waals surface area contributed by atoms with E-state index in [0.717, 1.165) is 18.4 Å². The second kappa shape index (κ2) is 8.37. The Kier molecular flexibility index (Phi) is 6.74. The quantitative estimate of drug-likeness (QED) is 0.739. The van der Waals surface area contributed by atoms with E-state index in [4.69, 9.17) is 15.2 Å². The van der Waals surface area contributed by atoms with Crippen LogP contribution in [-0.4, -0.2) is 32.7 Å². The maximum absolute atomic E-state index is 11.5. The molecule has 0 fully saturated rings. The second-order valence-electron chi connectivity index (χ2n) is 4.16. The van der Waals surface area contributed by atoms with Gasteiger partial charge in [0.25, 0.3) is 5.91 Å². The van der Waals surface area contributed by atoms with Crippen LogP contribution in [0.3, 0.4) is 0 Å². The number of rotatable bonds is 8. The van der Waals surface area contributed by atoms with E-state index in [2.05, 4.69) is 5.32 Å². The van der Waals surface area contributed by atoms with E-state index < -0.39 is 0 Å². The molecule has 0 radical (unpaired) electrons. The third kappa shape index (κ3) is 5.18. The fourth-order valence-electron chi connectivity index (χ4n) is 1.61. The van der Waals surface area contributed by atoms with Crippen molar-refractivity contribution in [1.82, 2.24) is 5.32 Å². The van der Waals surface area contributed by atoms with Crippen molar-refractivity contribution in [3.63, 3.8) is 0 Å². The highest BCUT2D eigenvalue weighted by molar-refractivity contribution is 5.77. The molecule has 0 aliphatic heterocycles. The van der Waals surface area contributed by atoms with Crippen LogP contribution in [0.25, 0.3) is 0 Å². The number of nitrogens with two attached hydrogens (primary N) is 1. The zero-order valence-electron chi connectivity index (χ0n) is 11.6. The molecule has 1 rings (SSSR count). The van der Waals surface area contributed by atoms with E-state index in [1.807, 2.05) is 25.1 Å². The summed E-state index contributed by atoms with van der Waals surface area (Å²) in [7, 11) is 1.57. The van der Waals surface area contributed by atoms with Crippen LogP contribution >= 0.6 is 0 Å². The number of benzene rings is 1. The lowest BCUT2D eigenvalue weighted by atomic mass is 10.1. The highest BCUT2D eigenvalue weighted by atomic mass is 16.5. The van der Waals surface area contributed by atoms with Gasteiger partial charge in [-0.15, -0.1) is 0 Å². The van der Waals surface area contributed by atoms with Crippen molar-refractivity contribution in [2.75, 3.05) is 26.8 Å². The maximum atomic E-state index is 11.5. The SMILES string of the molecule is CCCNC(=O)COc1cc(CCN)ccc1OC.